The Morgan fingerprint density at radius 2 is 1.88 bits per heavy atom. The van der Waals surface area contributed by atoms with Crippen molar-refractivity contribution in [2.75, 3.05) is 5.32 Å². The Labute approximate surface area is 150 Å². The number of anilines is 1. The van der Waals surface area contributed by atoms with Crippen LogP contribution in [0.4, 0.5) is 5.69 Å². The number of pyridine rings is 1. The van der Waals surface area contributed by atoms with E-state index >= 15 is 0 Å². The Morgan fingerprint density at radius 1 is 1.08 bits per heavy atom. The van der Waals surface area contributed by atoms with Crippen LogP contribution in [0.5, 0.6) is 0 Å². The van der Waals surface area contributed by atoms with Gasteiger partial charge in [-0.15, -0.1) is 0 Å². The van der Waals surface area contributed by atoms with Crippen LogP contribution in [0, 0.1) is 19.8 Å². The summed E-state index contributed by atoms with van der Waals surface area (Å²) in [6.45, 7) is 4.97. The Balaban J connectivity index is 1.59. The number of aryl methyl sites for hydroxylation is 1. The number of benzene rings is 1. The summed E-state index contributed by atoms with van der Waals surface area (Å²) in [5.74, 6) is 0.837. The summed E-state index contributed by atoms with van der Waals surface area (Å²) in [5, 5.41) is 4.24. The Hall–Kier alpha value is -1.54. The second-order valence-corrected chi connectivity index (χ2v) is 7.49. The molecule has 0 amide bonds. The molecule has 0 spiro atoms. The molecule has 0 atom stereocenters. The molecule has 1 aliphatic rings. The molecule has 2 aromatic rings. The first-order valence-electron chi connectivity index (χ1n) is 9.07. The van der Waals surface area contributed by atoms with Gasteiger partial charge in [-0.05, 0) is 55.0 Å². The highest BCUT2D eigenvalue weighted by molar-refractivity contribution is 6.33. The van der Waals surface area contributed by atoms with Gasteiger partial charge in [0, 0.05) is 18.4 Å². The summed E-state index contributed by atoms with van der Waals surface area (Å²) < 4.78 is 0. The molecular weight excluding hydrogens is 316 g/mol. The van der Waals surface area contributed by atoms with Crippen LogP contribution in [-0.4, -0.2) is 4.98 Å². The predicted octanol–water partition coefficient (Wildman–Crippen LogP) is 6.09. The zero-order valence-electron chi connectivity index (χ0n) is 14.7. The van der Waals surface area contributed by atoms with E-state index < -0.39 is 0 Å². The molecule has 0 bridgehead atoms. The number of nitrogens with one attached hydrogen (secondary N) is 1. The minimum atomic E-state index is 0.751. The van der Waals surface area contributed by atoms with Crippen LogP contribution >= 0.6 is 11.6 Å². The second-order valence-electron chi connectivity index (χ2n) is 7.08. The molecule has 0 unspecified atom stereocenters. The highest BCUT2D eigenvalue weighted by Gasteiger charge is 2.14. The van der Waals surface area contributed by atoms with E-state index in [1.807, 2.05) is 12.3 Å². The van der Waals surface area contributed by atoms with Crippen LogP contribution in [-0.2, 0) is 13.0 Å². The largest absolute Gasteiger partial charge is 0.379 e. The van der Waals surface area contributed by atoms with E-state index in [2.05, 4.69) is 42.3 Å². The molecule has 1 N–H and O–H groups in total. The maximum atomic E-state index is 6.32. The van der Waals surface area contributed by atoms with E-state index in [0.717, 1.165) is 29.6 Å². The van der Waals surface area contributed by atoms with E-state index in [9.17, 15) is 0 Å². The first-order chi connectivity index (χ1) is 11.6. The Morgan fingerprint density at radius 3 is 2.58 bits per heavy atom. The predicted molar refractivity (Wildman–Crippen MR) is 103 cm³/mol. The minimum Gasteiger partial charge on any atom is -0.379 e. The van der Waals surface area contributed by atoms with Gasteiger partial charge in [0.15, 0.2) is 0 Å². The zero-order chi connectivity index (χ0) is 16.9. The van der Waals surface area contributed by atoms with Crippen molar-refractivity contribution in [2.24, 2.45) is 5.92 Å². The van der Waals surface area contributed by atoms with Crippen molar-refractivity contribution in [1.29, 1.82) is 0 Å². The highest BCUT2D eigenvalue weighted by atomic mass is 35.5. The van der Waals surface area contributed by atoms with Gasteiger partial charge in [-0.1, -0.05) is 55.8 Å². The molecule has 1 aromatic carbocycles. The van der Waals surface area contributed by atoms with E-state index in [1.165, 1.54) is 54.5 Å². The fourth-order valence-corrected chi connectivity index (χ4v) is 3.83. The van der Waals surface area contributed by atoms with E-state index in [0.29, 0.717) is 0 Å². The fourth-order valence-electron chi connectivity index (χ4n) is 3.56. The van der Waals surface area contributed by atoms with Crippen molar-refractivity contribution >= 4 is 17.3 Å². The summed E-state index contributed by atoms with van der Waals surface area (Å²) in [7, 11) is 0. The number of halogens is 1. The van der Waals surface area contributed by atoms with Gasteiger partial charge in [0.1, 0.15) is 0 Å². The van der Waals surface area contributed by atoms with Gasteiger partial charge in [-0.25, -0.2) is 0 Å². The molecule has 1 saturated carbocycles. The van der Waals surface area contributed by atoms with Gasteiger partial charge in [0.2, 0.25) is 0 Å². The van der Waals surface area contributed by atoms with E-state index in [-0.39, 0.29) is 0 Å². The molecule has 0 radical (unpaired) electrons. The van der Waals surface area contributed by atoms with Crippen molar-refractivity contribution in [3.8, 4) is 0 Å². The smallest absolute Gasteiger partial charge is 0.0640 e. The summed E-state index contributed by atoms with van der Waals surface area (Å²) in [6.07, 6.45) is 10.1. The highest BCUT2D eigenvalue weighted by Crippen LogP contribution is 2.29. The normalized spacial score (nSPS) is 15.5. The number of hydrogen-bond acceptors (Lipinski definition) is 2. The van der Waals surface area contributed by atoms with Crippen molar-refractivity contribution in [3.05, 3.63) is 57.9 Å². The van der Waals surface area contributed by atoms with Gasteiger partial charge in [-0.3, -0.25) is 4.98 Å². The molecule has 0 saturated heterocycles. The van der Waals surface area contributed by atoms with Crippen LogP contribution in [0.15, 0.2) is 30.5 Å². The first-order valence-corrected chi connectivity index (χ1v) is 9.44. The summed E-state index contributed by atoms with van der Waals surface area (Å²) in [6, 6.07) is 8.40. The molecule has 1 aromatic heterocycles. The van der Waals surface area contributed by atoms with Gasteiger partial charge >= 0.3 is 0 Å². The van der Waals surface area contributed by atoms with Gasteiger partial charge in [-0.2, -0.15) is 0 Å². The Bertz CT molecular complexity index is 673. The molecule has 24 heavy (non-hydrogen) atoms. The van der Waals surface area contributed by atoms with Crippen molar-refractivity contribution < 1.29 is 0 Å². The first kappa shape index (κ1) is 17.3. The fraction of sp³-hybridized carbons (Fsp3) is 0.476. The van der Waals surface area contributed by atoms with Crippen LogP contribution in [0.25, 0.3) is 0 Å². The maximum Gasteiger partial charge on any atom is 0.0640 e. The van der Waals surface area contributed by atoms with Crippen molar-refractivity contribution in [1.82, 2.24) is 4.98 Å². The average Bonchev–Trinajstić information content (AvgIpc) is 2.61. The molecule has 1 aliphatic carbocycles. The van der Waals surface area contributed by atoms with Gasteiger partial charge in [0.25, 0.3) is 0 Å². The average molecular weight is 343 g/mol. The zero-order valence-corrected chi connectivity index (χ0v) is 15.5. The minimum absolute atomic E-state index is 0.751. The number of rotatable bonds is 5. The third-order valence-electron chi connectivity index (χ3n) is 5.26. The van der Waals surface area contributed by atoms with Crippen LogP contribution in [0.1, 0.15) is 54.5 Å². The molecule has 1 fully saturated rings. The molecule has 1 heterocycles. The molecule has 128 valence electrons. The molecule has 3 heteroatoms. The van der Waals surface area contributed by atoms with Crippen LogP contribution in [0.3, 0.4) is 0 Å². The lowest BCUT2D eigenvalue weighted by Gasteiger charge is -2.21. The Kier molecular flexibility index (Phi) is 5.78. The summed E-state index contributed by atoms with van der Waals surface area (Å²) in [5.41, 5.74) is 5.92. The summed E-state index contributed by atoms with van der Waals surface area (Å²) in [4.78, 5) is 4.67. The van der Waals surface area contributed by atoms with E-state index in [4.69, 9.17) is 11.6 Å². The molecule has 3 rings (SSSR count). The van der Waals surface area contributed by atoms with Crippen LogP contribution in [0.2, 0.25) is 5.02 Å². The molecular formula is C21H27ClN2. The maximum absolute atomic E-state index is 6.32. The van der Waals surface area contributed by atoms with Gasteiger partial charge in [0.05, 0.1) is 10.7 Å². The van der Waals surface area contributed by atoms with E-state index in [1.54, 1.807) is 0 Å². The topological polar surface area (TPSA) is 24.9 Å². The second kappa shape index (κ2) is 8.02. The summed E-state index contributed by atoms with van der Waals surface area (Å²) >= 11 is 6.32. The standard InChI is InChI=1S/C21H27ClN2/c1-15-8-11-20(22)21(16(15)2)24-14-18-9-10-19(23-13-18)12-17-6-4-3-5-7-17/h8-11,13,17,24H,3-7,12,14H2,1-2H3. The number of hydrogen-bond donors (Lipinski definition) is 1. The van der Waals surface area contributed by atoms with Gasteiger partial charge < -0.3 is 5.32 Å². The van der Waals surface area contributed by atoms with Crippen LogP contribution < -0.4 is 5.32 Å². The lowest BCUT2D eigenvalue weighted by atomic mass is 9.86. The number of nitrogens with zero attached hydrogens (tertiary/aromatic N) is 1. The lowest BCUT2D eigenvalue weighted by molar-refractivity contribution is 0.354. The molecule has 2 nitrogen and oxygen atoms in total. The third kappa shape index (κ3) is 4.30. The quantitative estimate of drug-likeness (QED) is 0.711. The third-order valence-corrected chi connectivity index (χ3v) is 5.58. The monoisotopic (exact) mass is 342 g/mol. The SMILES string of the molecule is Cc1ccc(Cl)c(NCc2ccc(CC3CCCCC3)nc2)c1C. The lowest BCUT2D eigenvalue weighted by Crippen LogP contribution is -2.10. The van der Waals surface area contributed by atoms with Crippen molar-refractivity contribution in [2.45, 2.75) is 58.9 Å². The number of aromatic nitrogens is 1. The van der Waals surface area contributed by atoms with Crippen molar-refractivity contribution in [3.63, 3.8) is 0 Å². The molecule has 0 aliphatic heterocycles.